The van der Waals surface area contributed by atoms with Crippen LogP contribution in [-0.4, -0.2) is 84.8 Å². The van der Waals surface area contributed by atoms with Gasteiger partial charge in [0.1, 0.15) is 5.76 Å². The Bertz CT molecular complexity index is 1150. The Labute approximate surface area is 230 Å². The fourth-order valence-corrected chi connectivity index (χ4v) is 4.22. The summed E-state index contributed by atoms with van der Waals surface area (Å²) in [5, 5.41) is 20.0. The van der Waals surface area contributed by atoms with Gasteiger partial charge in [0, 0.05) is 50.9 Å². The zero-order chi connectivity index (χ0) is 23.4. The van der Waals surface area contributed by atoms with Gasteiger partial charge in [-0.15, -0.1) is 37.2 Å². The molecule has 2 heterocycles. The van der Waals surface area contributed by atoms with Crippen LogP contribution in [0.5, 0.6) is 11.5 Å². The minimum atomic E-state index is -0.417. The van der Waals surface area contributed by atoms with E-state index in [-0.39, 0.29) is 59.4 Å². The summed E-state index contributed by atoms with van der Waals surface area (Å²) < 4.78 is 5.75. The van der Waals surface area contributed by atoms with E-state index in [4.69, 9.17) is 4.42 Å². The van der Waals surface area contributed by atoms with Crippen LogP contribution in [0.3, 0.4) is 0 Å². The van der Waals surface area contributed by atoms with Crippen LogP contribution in [0.15, 0.2) is 51.7 Å². The molecule has 2 aromatic carbocycles. The highest BCUT2D eigenvalue weighted by molar-refractivity contribution is 5.86. The van der Waals surface area contributed by atoms with Gasteiger partial charge in [0.25, 0.3) is 0 Å². The highest BCUT2D eigenvalue weighted by Gasteiger charge is 2.15. The molecule has 200 valence electrons. The molecule has 2 N–H and O–H groups in total. The fraction of sp³-hybridized carbons (Fsp3) is 0.423. The van der Waals surface area contributed by atoms with Gasteiger partial charge in [-0.1, -0.05) is 24.3 Å². The van der Waals surface area contributed by atoms with Crippen molar-refractivity contribution in [2.75, 3.05) is 59.9 Å². The maximum Gasteiger partial charge on any atom is 0.201 e. The molecule has 0 spiro atoms. The maximum atomic E-state index is 12.4. The summed E-state index contributed by atoms with van der Waals surface area (Å²) in [6.45, 7) is 7.91. The fourth-order valence-electron chi connectivity index (χ4n) is 4.22. The third-order valence-corrected chi connectivity index (χ3v) is 6.49. The van der Waals surface area contributed by atoms with E-state index in [2.05, 4.69) is 28.8 Å². The van der Waals surface area contributed by atoms with Crippen LogP contribution < -0.4 is 5.43 Å². The molecule has 4 rings (SSSR count). The molecule has 0 amide bonds. The van der Waals surface area contributed by atoms with Crippen molar-refractivity contribution in [3.05, 3.63) is 58.3 Å². The topological polar surface area (TPSA) is 80.4 Å². The minimum absolute atomic E-state index is 0. The Morgan fingerprint density at radius 3 is 2.28 bits per heavy atom. The van der Waals surface area contributed by atoms with Crippen molar-refractivity contribution in [3.8, 4) is 22.8 Å². The zero-order valence-corrected chi connectivity index (χ0v) is 23.1. The summed E-state index contributed by atoms with van der Waals surface area (Å²) in [6.07, 6.45) is 2.06. The molecule has 0 unspecified atom stereocenters. The van der Waals surface area contributed by atoms with Crippen molar-refractivity contribution in [2.45, 2.75) is 12.8 Å². The highest BCUT2D eigenvalue weighted by atomic mass is 35.5. The van der Waals surface area contributed by atoms with E-state index in [0.29, 0.717) is 5.76 Å². The molecule has 36 heavy (non-hydrogen) atoms. The number of hydrogen-bond donors (Lipinski definition) is 2. The highest BCUT2D eigenvalue weighted by Crippen LogP contribution is 2.34. The predicted molar refractivity (Wildman–Crippen MR) is 153 cm³/mol. The predicted octanol–water partition coefficient (Wildman–Crippen LogP) is 4.25. The zero-order valence-electron chi connectivity index (χ0n) is 20.7. The lowest BCUT2D eigenvalue weighted by Gasteiger charge is -2.33. The van der Waals surface area contributed by atoms with Crippen molar-refractivity contribution in [2.24, 2.45) is 0 Å². The molecular weight excluding hydrogens is 525 g/mol. The monoisotopic (exact) mass is 559 g/mol. The van der Waals surface area contributed by atoms with Gasteiger partial charge in [-0.25, -0.2) is 0 Å². The SMILES string of the molecule is CN(CCCc1ccc(-c2cc(=O)c3ccc(O)c(O)c3o2)cc1)CCN1CCN(C)CC1.Cl.Cl.Cl. The lowest BCUT2D eigenvalue weighted by molar-refractivity contribution is 0.140. The van der Waals surface area contributed by atoms with E-state index in [9.17, 15) is 15.0 Å². The van der Waals surface area contributed by atoms with E-state index >= 15 is 0 Å². The van der Waals surface area contributed by atoms with Crippen LogP contribution in [0.25, 0.3) is 22.3 Å². The number of aryl methyl sites for hydroxylation is 1. The second kappa shape index (κ2) is 14.7. The standard InChI is InChI=1S/C26H33N3O4.3ClH/c1-27(12-15-29-16-13-28(2)14-17-29)11-3-4-19-5-7-20(8-6-19)24-18-23(31)21-9-10-22(30)25(32)26(21)33-24;;;/h5-10,18,30,32H,3-4,11-17H2,1-2H3;3*1H. The average Bonchev–Trinajstić information content (AvgIpc) is 2.81. The quantitative estimate of drug-likeness (QED) is 0.399. The largest absolute Gasteiger partial charge is 0.504 e. The van der Waals surface area contributed by atoms with Crippen molar-refractivity contribution >= 4 is 48.2 Å². The molecule has 1 aliphatic heterocycles. The van der Waals surface area contributed by atoms with Crippen LogP contribution in [0.2, 0.25) is 0 Å². The number of likely N-dealkylation sites (N-methyl/N-ethyl adjacent to an activating group) is 2. The molecule has 1 aliphatic rings. The van der Waals surface area contributed by atoms with Gasteiger partial charge < -0.3 is 24.4 Å². The molecule has 1 saturated heterocycles. The molecule has 0 atom stereocenters. The number of phenolic OH excluding ortho intramolecular Hbond substituents is 2. The third-order valence-electron chi connectivity index (χ3n) is 6.49. The number of piperazine rings is 1. The average molecular weight is 561 g/mol. The van der Waals surface area contributed by atoms with Gasteiger partial charge in [0.05, 0.1) is 5.39 Å². The van der Waals surface area contributed by atoms with E-state index in [1.165, 1.54) is 23.8 Å². The van der Waals surface area contributed by atoms with Crippen molar-refractivity contribution < 1.29 is 14.6 Å². The number of phenols is 2. The van der Waals surface area contributed by atoms with E-state index < -0.39 is 5.75 Å². The van der Waals surface area contributed by atoms with Crippen molar-refractivity contribution in [3.63, 3.8) is 0 Å². The number of hydrogen-bond acceptors (Lipinski definition) is 7. The van der Waals surface area contributed by atoms with Gasteiger partial charge in [-0.2, -0.15) is 0 Å². The smallest absolute Gasteiger partial charge is 0.201 e. The molecule has 1 fully saturated rings. The van der Waals surface area contributed by atoms with Crippen LogP contribution in [0, 0.1) is 0 Å². The molecule has 0 bridgehead atoms. The summed E-state index contributed by atoms with van der Waals surface area (Å²) in [5.74, 6) is -0.366. The Balaban J connectivity index is 0.00000216. The van der Waals surface area contributed by atoms with E-state index in [1.807, 2.05) is 24.3 Å². The minimum Gasteiger partial charge on any atom is -0.504 e. The van der Waals surface area contributed by atoms with Crippen LogP contribution in [-0.2, 0) is 6.42 Å². The van der Waals surface area contributed by atoms with Gasteiger partial charge in [-0.3, -0.25) is 9.69 Å². The van der Waals surface area contributed by atoms with Crippen LogP contribution in [0.1, 0.15) is 12.0 Å². The van der Waals surface area contributed by atoms with Gasteiger partial charge in [-0.05, 0) is 51.2 Å². The first-order valence-electron chi connectivity index (χ1n) is 11.6. The summed E-state index contributed by atoms with van der Waals surface area (Å²) in [4.78, 5) is 19.7. The van der Waals surface area contributed by atoms with E-state index in [1.54, 1.807) is 0 Å². The molecule has 7 nitrogen and oxygen atoms in total. The summed E-state index contributed by atoms with van der Waals surface area (Å²) in [5.41, 5.74) is 1.73. The Morgan fingerprint density at radius 1 is 0.944 bits per heavy atom. The summed E-state index contributed by atoms with van der Waals surface area (Å²) in [7, 11) is 4.37. The van der Waals surface area contributed by atoms with Crippen LogP contribution >= 0.6 is 37.2 Å². The Kier molecular flexibility index (Phi) is 13.0. The number of fused-ring (bicyclic) bond motifs is 1. The Morgan fingerprint density at radius 2 is 1.61 bits per heavy atom. The van der Waals surface area contributed by atoms with Crippen LogP contribution in [0.4, 0.5) is 0 Å². The van der Waals surface area contributed by atoms with Crippen molar-refractivity contribution in [1.29, 1.82) is 0 Å². The lowest BCUT2D eigenvalue weighted by atomic mass is 10.1. The first-order chi connectivity index (χ1) is 15.9. The van der Waals surface area contributed by atoms with Gasteiger partial charge >= 0.3 is 0 Å². The van der Waals surface area contributed by atoms with Gasteiger partial charge in [0.2, 0.25) is 5.75 Å². The number of benzene rings is 2. The molecule has 0 saturated carbocycles. The Hall–Kier alpha value is -2.00. The second-order valence-electron chi connectivity index (χ2n) is 9.03. The van der Waals surface area contributed by atoms with E-state index in [0.717, 1.165) is 64.2 Å². The molecule has 1 aromatic heterocycles. The molecule has 3 aromatic rings. The lowest BCUT2D eigenvalue weighted by Crippen LogP contribution is -2.46. The molecule has 0 aliphatic carbocycles. The number of rotatable bonds is 8. The number of halogens is 3. The van der Waals surface area contributed by atoms with Crippen molar-refractivity contribution in [1.82, 2.24) is 14.7 Å². The first-order valence-corrected chi connectivity index (χ1v) is 11.6. The van der Waals surface area contributed by atoms with Gasteiger partial charge in [0.15, 0.2) is 16.8 Å². The number of aromatic hydroxyl groups is 2. The summed E-state index contributed by atoms with van der Waals surface area (Å²) in [6, 6.07) is 12.1. The third kappa shape index (κ3) is 8.00. The maximum absolute atomic E-state index is 12.4. The molecule has 10 heteroatoms. The second-order valence-corrected chi connectivity index (χ2v) is 9.03. The molecular formula is C26H36Cl3N3O4. The molecule has 0 radical (unpaired) electrons. The number of nitrogens with zero attached hydrogens (tertiary/aromatic N) is 3. The normalized spacial score (nSPS) is 14.2. The summed E-state index contributed by atoms with van der Waals surface area (Å²) >= 11 is 0. The first kappa shape index (κ1) is 32.0.